The summed E-state index contributed by atoms with van der Waals surface area (Å²) in [7, 11) is -2.52. The first kappa shape index (κ1) is 22.2. The largest absolute Gasteiger partial charge is 0.495 e. The van der Waals surface area contributed by atoms with Crippen LogP contribution in [-0.4, -0.2) is 28.0 Å². The van der Waals surface area contributed by atoms with Gasteiger partial charge in [-0.25, -0.2) is 8.42 Å². The number of fused-ring (bicyclic) bond motifs is 1. The highest BCUT2D eigenvalue weighted by atomic mass is 35.5. The van der Waals surface area contributed by atoms with E-state index in [2.05, 4.69) is 5.32 Å². The monoisotopic (exact) mass is 470 g/mol. The minimum absolute atomic E-state index is 0.0316. The first-order valence-electron chi connectivity index (χ1n) is 10.2. The van der Waals surface area contributed by atoms with Gasteiger partial charge in [-0.1, -0.05) is 41.9 Å². The van der Waals surface area contributed by atoms with Crippen LogP contribution in [0, 0.1) is 0 Å². The maximum absolute atomic E-state index is 13.6. The number of carbonyl (C=O) groups is 1. The van der Waals surface area contributed by atoms with Crippen LogP contribution in [0.4, 0.5) is 5.69 Å². The summed E-state index contributed by atoms with van der Waals surface area (Å²) in [5.74, 6) is -0.180. The fourth-order valence-electron chi connectivity index (χ4n) is 3.77. The minimum atomic E-state index is -3.93. The molecule has 3 aromatic carbocycles. The summed E-state index contributed by atoms with van der Waals surface area (Å²) < 4.78 is 34.0. The molecule has 0 saturated heterocycles. The van der Waals surface area contributed by atoms with Gasteiger partial charge in [0, 0.05) is 23.7 Å². The molecule has 0 spiro atoms. The predicted molar refractivity (Wildman–Crippen MR) is 125 cm³/mol. The number of nitrogens with one attached hydrogen (secondary N) is 1. The Bertz CT molecular complexity index is 1240. The number of hydrogen-bond acceptors (Lipinski definition) is 4. The molecule has 1 amide bonds. The van der Waals surface area contributed by atoms with Gasteiger partial charge in [-0.3, -0.25) is 9.10 Å². The van der Waals surface area contributed by atoms with E-state index in [9.17, 15) is 13.2 Å². The van der Waals surface area contributed by atoms with Crippen molar-refractivity contribution in [3.8, 4) is 5.75 Å². The minimum Gasteiger partial charge on any atom is -0.495 e. The van der Waals surface area contributed by atoms with E-state index in [1.807, 2.05) is 30.3 Å². The fourth-order valence-corrected chi connectivity index (χ4v) is 5.63. The summed E-state index contributed by atoms with van der Waals surface area (Å²) in [4.78, 5) is 12.7. The van der Waals surface area contributed by atoms with E-state index in [1.165, 1.54) is 23.5 Å². The predicted octanol–water partition coefficient (Wildman–Crippen LogP) is 4.42. The van der Waals surface area contributed by atoms with Crippen molar-refractivity contribution in [2.45, 2.75) is 24.3 Å². The van der Waals surface area contributed by atoms with E-state index in [4.69, 9.17) is 16.3 Å². The number of aryl methyl sites for hydroxylation is 1. The van der Waals surface area contributed by atoms with Crippen molar-refractivity contribution < 1.29 is 17.9 Å². The van der Waals surface area contributed by atoms with Crippen LogP contribution in [-0.2, 0) is 23.0 Å². The molecule has 0 aromatic heterocycles. The SMILES string of the molecule is COc1ccc(C(=O)NCc2ccc(Cl)cc2)cc1S(=O)(=O)N1CCCc2ccccc21. The molecule has 1 aliphatic rings. The summed E-state index contributed by atoms with van der Waals surface area (Å²) >= 11 is 5.89. The van der Waals surface area contributed by atoms with Gasteiger partial charge in [-0.05, 0) is 60.4 Å². The Kier molecular flexibility index (Phi) is 6.39. The van der Waals surface area contributed by atoms with Gasteiger partial charge in [0.05, 0.1) is 12.8 Å². The molecular formula is C24H23ClN2O4S. The van der Waals surface area contributed by atoms with Crippen LogP contribution < -0.4 is 14.4 Å². The number of para-hydroxylation sites is 1. The normalized spacial score (nSPS) is 13.4. The van der Waals surface area contributed by atoms with E-state index >= 15 is 0 Å². The molecule has 0 aliphatic carbocycles. The number of sulfonamides is 1. The Labute approximate surface area is 192 Å². The fraction of sp³-hybridized carbons (Fsp3) is 0.208. The first-order valence-corrected chi connectivity index (χ1v) is 12.0. The lowest BCUT2D eigenvalue weighted by Gasteiger charge is -2.31. The van der Waals surface area contributed by atoms with Crippen molar-refractivity contribution in [1.29, 1.82) is 0 Å². The number of methoxy groups -OCH3 is 1. The van der Waals surface area contributed by atoms with Crippen LogP contribution in [0.3, 0.4) is 0 Å². The van der Waals surface area contributed by atoms with E-state index in [0.717, 1.165) is 24.0 Å². The van der Waals surface area contributed by atoms with E-state index in [-0.39, 0.29) is 22.1 Å². The highest BCUT2D eigenvalue weighted by molar-refractivity contribution is 7.93. The number of carbonyl (C=O) groups excluding carboxylic acids is 1. The zero-order valence-electron chi connectivity index (χ0n) is 17.5. The molecule has 1 aliphatic heterocycles. The second kappa shape index (κ2) is 9.22. The molecule has 0 saturated carbocycles. The van der Waals surface area contributed by atoms with E-state index in [1.54, 1.807) is 24.3 Å². The number of anilines is 1. The second-order valence-electron chi connectivity index (χ2n) is 7.48. The molecule has 8 heteroatoms. The molecule has 3 aromatic rings. The molecule has 0 atom stereocenters. The molecule has 0 bridgehead atoms. The standard InChI is InChI=1S/C24H23ClN2O4S/c1-31-22-13-10-19(24(28)26-16-17-8-11-20(25)12-9-17)15-23(22)32(29,30)27-14-4-6-18-5-2-3-7-21(18)27/h2-3,5,7-13,15H,4,6,14,16H2,1H3,(H,26,28). The van der Waals surface area contributed by atoms with Gasteiger partial charge in [-0.15, -0.1) is 0 Å². The first-order chi connectivity index (χ1) is 15.4. The smallest absolute Gasteiger partial charge is 0.268 e. The summed E-state index contributed by atoms with van der Waals surface area (Å²) in [6, 6.07) is 19.1. The maximum Gasteiger partial charge on any atom is 0.268 e. The quantitative estimate of drug-likeness (QED) is 0.578. The van der Waals surface area contributed by atoms with Crippen molar-refractivity contribution in [2.75, 3.05) is 18.0 Å². The van der Waals surface area contributed by atoms with Gasteiger partial charge in [0.25, 0.3) is 15.9 Å². The van der Waals surface area contributed by atoms with Crippen LogP contribution in [0.15, 0.2) is 71.6 Å². The zero-order chi connectivity index (χ0) is 22.7. The number of amides is 1. The van der Waals surface area contributed by atoms with Crippen molar-refractivity contribution in [2.24, 2.45) is 0 Å². The van der Waals surface area contributed by atoms with Crippen LogP contribution in [0.2, 0.25) is 5.02 Å². The average molecular weight is 471 g/mol. The number of ether oxygens (including phenoxy) is 1. The number of rotatable bonds is 6. The molecule has 0 fully saturated rings. The number of hydrogen-bond donors (Lipinski definition) is 1. The Hall–Kier alpha value is -3.03. The molecule has 1 N–H and O–H groups in total. The molecule has 32 heavy (non-hydrogen) atoms. The molecular weight excluding hydrogens is 448 g/mol. The number of nitrogens with zero attached hydrogens (tertiary/aromatic N) is 1. The maximum atomic E-state index is 13.6. The van der Waals surface area contributed by atoms with E-state index < -0.39 is 10.0 Å². The van der Waals surface area contributed by atoms with Crippen LogP contribution >= 0.6 is 11.6 Å². The molecule has 6 nitrogen and oxygen atoms in total. The lowest BCUT2D eigenvalue weighted by atomic mass is 10.0. The third kappa shape index (κ3) is 4.45. The van der Waals surface area contributed by atoms with Gasteiger partial charge in [0.2, 0.25) is 0 Å². The second-order valence-corrected chi connectivity index (χ2v) is 9.75. The van der Waals surface area contributed by atoms with Crippen molar-refractivity contribution in [3.05, 3.63) is 88.4 Å². The summed E-state index contributed by atoms with van der Waals surface area (Å²) in [5, 5.41) is 3.43. The van der Waals surface area contributed by atoms with Crippen molar-refractivity contribution in [3.63, 3.8) is 0 Å². The lowest BCUT2D eigenvalue weighted by Crippen LogP contribution is -2.35. The van der Waals surface area contributed by atoms with Gasteiger partial charge in [-0.2, -0.15) is 0 Å². The van der Waals surface area contributed by atoms with Gasteiger partial charge >= 0.3 is 0 Å². The molecule has 4 rings (SSSR count). The number of benzene rings is 3. The third-order valence-corrected chi connectivity index (χ3v) is 7.51. The summed E-state index contributed by atoms with van der Waals surface area (Å²) in [6.45, 7) is 0.666. The van der Waals surface area contributed by atoms with Crippen molar-refractivity contribution in [1.82, 2.24) is 5.32 Å². The lowest BCUT2D eigenvalue weighted by molar-refractivity contribution is 0.0950. The highest BCUT2D eigenvalue weighted by Crippen LogP contribution is 2.35. The molecule has 0 unspecified atom stereocenters. The highest BCUT2D eigenvalue weighted by Gasteiger charge is 2.32. The summed E-state index contributed by atoms with van der Waals surface area (Å²) in [5.41, 5.74) is 2.77. The Morgan fingerprint density at radius 3 is 2.59 bits per heavy atom. The Morgan fingerprint density at radius 1 is 1.09 bits per heavy atom. The van der Waals surface area contributed by atoms with Gasteiger partial charge < -0.3 is 10.1 Å². The van der Waals surface area contributed by atoms with E-state index in [0.29, 0.717) is 23.8 Å². The zero-order valence-corrected chi connectivity index (χ0v) is 19.1. The van der Waals surface area contributed by atoms with Crippen LogP contribution in [0.5, 0.6) is 5.75 Å². The molecule has 0 radical (unpaired) electrons. The van der Waals surface area contributed by atoms with Gasteiger partial charge in [0.1, 0.15) is 10.6 Å². The van der Waals surface area contributed by atoms with Crippen LogP contribution in [0.25, 0.3) is 0 Å². The number of halogens is 1. The Morgan fingerprint density at radius 2 is 1.84 bits per heavy atom. The third-order valence-electron chi connectivity index (χ3n) is 5.43. The molecule has 166 valence electrons. The van der Waals surface area contributed by atoms with Crippen molar-refractivity contribution >= 4 is 33.2 Å². The Balaban J connectivity index is 1.63. The topological polar surface area (TPSA) is 75.7 Å². The van der Waals surface area contributed by atoms with Gasteiger partial charge in [0.15, 0.2) is 0 Å². The van der Waals surface area contributed by atoms with Crippen LogP contribution in [0.1, 0.15) is 27.9 Å². The molecule has 1 heterocycles. The average Bonchev–Trinajstić information content (AvgIpc) is 2.82. The summed E-state index contributed by atoms with van der Waals surface area (Å²) in [6.07, 6.45) is 1.55.